The second-order valence-electron chi connectivity index (χ2n) is 5.81. The van der Waals surface area contributed by atoms with Crippen LogP contribution in [0.4, 0.5) is 4.39 Å². The van der Waals surface area contributed by atoms with Gasteiger partial charge in [-0.15, -0.1) is 0 Å². The molecule has 1 unspecified atom stereocenters. The smallest absolute Gasteiger partial charge is 0.246 e. The van der Waals surface area contributed by atoms with Crippen molar-refractivity contribution < 1.29 is 14.0 Å². The Labute approximate surface area is 123 Å². The molecule has 0 saturated carbocycles. The number of halogens is 1. The Balaban J connectivity index is 2.28. The van der Waals surface area contributed by atoms with Crippen molar-refractivity contribution in [2.45, 2.75) is 51.7 Å². The monoisotopic (exact) mass is 293 g/mol. The summed E-state index contributed by atoms with van der Waals surface area (Å²) < 4.78 is 13.2. The predicted octanol–water partition coefficient (Wildman–Crippen LogP) is 1.63. The fraction of sp³-hybridized carbons (Fsp3) is 0.533. The van der Waals surface area contributed by atoms with E-state index in [1.165, 1.54) is 17.2 Å². The van der Waals surface area contributed by atoms with Gasteiger partial charge in [0.2, 0.25) is 11.8 Å². The van der Waals surface area contributed by atoms with Crippen LogP contribution in [-0.4, -0.2) is 33.3 Å². The third-order valence-corrected chi connectivity index (χ3v) is 3.78. The van der Waals surface area contributed by atoms with Crippen LogP contribution in [0.15, 0.2) is 18.5 Å². The van der Waals surface area contributed by atoms with E-state index in [0.717, 1.165) is 12.6 Å². The van der Waals surface area contributed by atoms with Crippen molar-refractivity contribution in [3.8, 4) is 0 Å². The molecule has 1 aliphatic rings. The van der Waals surface area contributed by atoms with Gasteiger partial charge < -0.3 is 10.2 Å². The number of piperazine rings is 1. The fourth-order valence-corrected chi connectivity index (χ4v) is 2.47. The van der Waals surface area contributed by atoms with E-state index in [1.54, 1.807) is 13.8 Å². The number of pyridine rings is 1. The van der Waals surface area contributed by atoms with Crippen LogP contribution in [0.1, 0.15) is 39.2 Å². The van der Waals surface area contributed by atoms with E-state index in [4.69, 9.17) is 0 Å². The minimum Gasteiger partial charge on any atom is -0.342 e. The van der Waals surface area contributed by atoms with Crippen molar-refractivity contribution in [3.05, 3.63) is 29.8 Å². The van der Waals surface area contributed by atoms with Crippen LogP contribution in [0.2, 0.25) is 0 Å². The van der Waals surface area contributed by atoms with Crippen molar-refractivity contribution in [3.63, 3.8) is 0 Å². The second-order valence-corrected chi connectivity index (χ2v) is 5.81. The minimum atomic E-state index is -0.965. The van der Waals surface area contributed by atoms with Gasteiger partial charge in [-0.3, -0.25) is 14.6 Å². The van der Waals surface area contributed by atoms with Gasteiger partial charge in [-0.2, -0.15) is 0 Å². The Morgan fingerprint density at radius 2 is 2.10 bits per heavy atom. The molecule has 0 spiro atoms. The van der Waals surface area contributed by atoms with E-state index in [9.17, 15) is 14.0 Å². The number of hydrogen-bond donors (Lipinski definition) is 1. The van der Waals surface area contributed by atoms with Crippen molar-refractivity contribution in [1.29, 1.82) is 0 Å². The molecule has 1 N–H and O–H groups in total. The number of amides is 2. The number of hydrogen-bond acceptors (Lipinski definition) is 3. The van der Waals surface area contributed by atoms with Crippen molar-refractivity contribution in [1.82, 2.24) is 15.2 Å². The standard InChI is InChI=1S/C15H20FN3O2/c1-4-5-12-13(20)19(15(2,3)14(21)18-12)9-10-6-11(16)8-17-7-10/h6-8,12H,4-5,9H2,1-3H3,(H,18,21). The van der Waals surface area contributed by atoms with Crippen LogP contribution in [0.3, 0.4) is 0 Å². The quantitative estimate of drug-likeness (QED) is 0.917. The average Bonchev–Trinajstić information content (AvgIpc) is 2.42. The van der Waals surface area contributed by atoms with Gasteiger partial charge in [0.05, 0.1) is 6.20 Å². The van der Waals surface area contributed by atoms with Crippen molar-refractivity contribution in [2.75, 3.05) is 0 Å². The summed E-state index contributed by atoms with van der Waals surface area (Å²) in [6.07, 6.45) is 4.01. The molecule has 1 aliphatic heterocycles. The van der Waals surface area contributed by atoms with Gasteiger partial charge in [-0.1, -0.05) is 13.3 Å². The van der Waals surface area contributed by atoms with Crippen LogP contribution in [0.5, 0.6) is 0 Å². The molecular formula is C15H20FN3O2. The summed E-state index contributed by atoms with van der Waals surface area (Å²) in [4.78, 5) is 30.1. The Bertz CT molecular complexity index is 560. The van der Waals surface area contributed by atoms with Crippen LogP contribution >= 0.6 is 0 Å². The number of rotatable bonds is 4. The maximum absolute atomic E-state index is 13.2. The molecule has 114 valence electrons. The lowest BCUT2D eigenvalue weighted by Gasteiger charge is -2.44. The molecule has 0 aliphatic carbocycles. The van der Waals surface area contributed by atoms with E-state index >= 15 is 0 Å². The molecule has 0 radical (unpaired) electrons. The second kappa shape index (κ2) is 5.79. The first-order chi connectivity index (χ1) is 9.86. The topological polar surface area (TPSA) is 62.3 Å². The molecule has 2 rings (SSSR count). The molecule has 2 amide bonds. The maximum atomic E-state index is 13.2. The van der Waals surface area contributed by atoms with E-state index in [1.807, 2.05) is 6.92 Å². The Hall–Kier alpha value is -1.98. The Morgan fingerprint density at radius 1 is 1.38 bits per heavy atom. The molecular weight excluding hydrogens is 273 g/mol. The molecule has 1 aromatic rings. The molecule has 6 heteroatoms. The lowest BCUT2D eigenvalue weighted by atomic mass is 9.93. The lowest BCUT2D eigenvalue weighted by Crippen LogP contribution is -2.67. The minimum absolute atomic E-state index is 0.134. The van der Waals surface area contributed by atoms with Gasteiger partial charge >= 0.3 is 0 Å². The van der Waals surface area contributed by atoms with Gasteiger partial charge in [0.25, 0.3) is 0 Å². The third-order valence-electron chi connectivity index (χ3n) is 3.78. The predicted molar refractivity (Wildman–Crippen MR) is 75.7 cm³/mol. The normalized spacial score (nSPS) is 21.3. The van der Waals surface area contributed by atoms with E-state index in [-0.39, 0.29) is 18.4 Å². The highest BCUT2D eigenvalue weighted by Gasteiger charge is 2.45. The molecule has 1 atom stereocenters. The Morgan fingerprint density at radius 3 is 2.71 bits per heavy atom. The van der Waals surface area contributed by atoms with Crippen LogP contribution < -0.4 is 5.32 Å². The van der Waals surface area contributed by atoms with Crippen LogP contribution in [0.25, 0.3) is 0 Å². The van der Waals surface area contributed by atoms with E-state index < -0.39 is 17.4 Å². The lowest BCUT2D eigenvalue weighted by molar-refractivity contribution is -0.156. The van der Waals surface area contributed by atoms with Crippen LogP contribution in [0, 0.1) is 5.82 Å². The molecule has 1 saturated heterocycles. The highest BCUT2D eigenvalue weighted by Crippen LogP contribution is 2.25. The molecule has 5 nitrogen and oxygen atoms in total. The van der Waals surface area contributed by atoms with Gasteiger partial charge in [-0.05, 0) is 31.9 Å². The SMILES string of the molecule is CCCC1NC(=O)C(C)(C)N(Cc2cncc(F)c2)C1=O. The maximum Gasteiger partial charge on any atom is 0.246 e. The van der Waals surface area contributed by atoms with Crippen molar-refractivity contribution in [2.24, 2.45) is 0 Å². The zero-order chi connectivity index (χ0) is 15.6. The number of carbonyl (C=O) groups excluding carboxylic acids is 2. The molecule has 0 bridgehead atoms. The highest BCUT2D eigenvalue weighted by molar-refractivity contribution is 5.99. The number of carbonyl (C=O) groups is 2. The van der Waals surface area contributed by atoms with E-state index in [0.29, 0.717) is 12.0 Å². The number of nitrogens with one attached hydrogen (secondary N) is 1. The average molecular weight is 293 g/mol. The summed E-state index contributed by atoms with van der Waals surface area (Å²) in [7, 11) is 0. The summed E-state index contributed by atoms with van der Waals surface area (Å²) in [6.45, 7) is 5.51. The zero-order valence-electron chi connectivity index (χ0n) is 12.5. The first-order valence-electron chi connectivity index (χ1n) is 7.08. The van der Waals surface area contributed by atoms with Gasteiger partial charge in [0.15, 0.2) is 0 Å². The van der Waals surface area contributed by atoms with Gasteiger partial charge in [0.1, 0.15) is 17.4 Å². The third kappa shape index (κ3) is 3.04. The fourth-order valence-electron chi connectivity index (χ4n) is 2.47. The summed E-state index contributed by atoms with van der Waals surface area (Å²) >= 11 is 0. The van der Waals surface area contributed by atoms with Crippen LogP contribution in [-0.2, 0) is 16.1 Å². The first kappa shape index (κ1) is 15.4. The summed E-state index contributed by atoms with van der Waals surface area (Å²) in [5, 5.41) is 2.76. The molecule has 0 aromatic carbocycles. The summed E-state index contributed by atoms with van der Waals surface area (Å²) in [5.74, 6) is -0.778. The van der Waals surface area contributed by atoms with E-state index in [2.05, 4.69) is 10.3 Å². The van der Waals surface area contributed by atoms with Gasteiger partial charge in [-0.25, -0.2) is 4.39 Å². The number of nitrogens with zero attached hydrogens (tertiary/aromatic N) is 2. The molecule has 2 heterocycles. The Kier molecular flexibility index (Phi) is 4.25. The molecule has 1 aromatic heterocycles. The largest absolute Gasteiger partial charge is 0.342 e. The number of aromatic nitrogens is 1. The first-order valence-corrected chi connectivity index (χ1v) is 7.08. The summed E-state index contributed by atoms with van der Waals surface area (Å²) in [5.41, 5.74) is -0.394. The summed E-state index contributed by atoms with van der Waals surface area (Å²) in [6, 6.07) is 0.828. The zero-order valence-corrected chi connectivity index (χ0v) is 12.5. The molecule has 1 fully saturated rings. The highest BCUT2D eigenvalue weighted by atomic mass is 19.1. The molecule has 21 heavy (non-hydrogen) atoms. The van der Waals surface area contributed by atoms with Gasteiger partial charge in [0, 0.05) is 12.7 Å². The van der Waals surface area contributed by atoms with Crippen molar-refractivity contribution >= 4 is 11.8 Å².